The number of methoxy groups -OCH3 is 1. The Labute approximate surface area is 158 Å². The third-order valence-electron chi connectivity index (χ3n) is 4.17. The molecule has 1 amide bonds. The molecule has 6 nitrogen and oxygen atoms in total. The zero-order valence-electron chi connectivity index (χ0n) is 15.9. The third-order valence-corrected chi connectivity index (χ3v) is 4.17. The highest BCUT2D eigenvalue weighted by Gasteiger charge is 2.11. The number of aromatic nitrogens is 2. The lowest BCUT2D eigenvalue weighted by Gasteiger charge is -2.12. The van der Waals surface area contributed by atoms with E-state index in [1.165, 1.54) is 5.56 Å². The molecule has 2 N–H and O–H groups in total. The van der Waals surface area contributed by atoms with Crippen molar-refractivity contribution < 1.29 is 14.3 Å². The van der Waals surface area contributed by atoms with Gasteiger partial charge in [-0.2, -0.15) is 0 Å². The summed E-state index contributed by atoms with van der Waals surface area (Å²) in [4.78, 5) is 19.5. The molecule has 0 aliphatic heterocycles. The summed E-state index contributed by atoms with van der Waals surface area (Å²) in [7, 11) is 1.62. The normalized spacial score (nSPS) is 10.5. The molecule has 27 heavy (non-hydrogen) atoms. The Morgan fingerprint density at radius 1 is 1.15 bits per heavy atom. The highest BCUT2D eigenvalue weighted by molar-refractivity contribution is 5.90. The summed E-state index contributed by atoms with van der Waals surface area (Å²) >= 11 is 0. The van der Waals surface area contributed by atoms with Gasteiger partial charge in [-0.25, -0.2) is 4.98 Å². The average Bonchev–Trinajstić information content (AvgIpc) is 3.09. The number of ether oxygens (including phenoxy) is 2. The number of aromatic amines is 1. The monoisotopic (exact) mass is 365 g/mol. The van der Waals surface area contributed by atoms with E-state index in [1.807, 2.05) is 57.2 Å². The number of carbonyl (C=O) groups excluding carboxylic acids is 1. The number of aryl methyl sites for hydroxylation is 3. The maximum atomic E-state index is 12.2. The molecule has 6 heteroatoms. The van der Waals surface area contributed by atoms with E-state index in [0.29, 0.717) is 5.95 Å². The minimum atomic E-state index is -0.277. The first-order chi connectivity index (χ1) is 13.0. The van der Waals surface area contributed by atoms with Crippen molar-refractivity contribution in [1.82, 2.24) is 9.97 Å². The first-order valence-corrected chi connectivity index (χ1v) is 8.66. The van der Waals surface area contributed by atoms with Crippen LogP contribution in [-0.4, -0.2) is 29.6 Å². The summed E-state index contributed by atoms with van der Waals surface area (Å²) in [5.74, 6) is 1.59. The van der Waals surface area contributed by atoms with Crippen molar-refractivity contribution in [3.05, 3.63) is 59.3 Å². The van der Waals surface area contributed by atoms with Gasteiger partial charge in [0.2, 0.25) is 5.95 Å². The number of hydrogen-bond donors (Lipinski definition) is 2. The Morgan fingerprint density at radius 2 is 1.89 bits per heavy atom. The molecular weight excluding hydrogens is 342 g/mol. The molecular formula is C21H23N3O3. The van der Waals surface area contributed by atoms with Crippen LogP contribution in [0.15, 0.2) is 42.6 Å². The molecule has 3 aromatic rings. The molecule has 140 valence electrons. The molecule has 1 aromatic heterocycles. The molecule has 0 saturated heterocycles. The van der Waals surface area contributed by atoms with Gasteiger partial charge >= 0.3 is 0 Å². The van der Waals surface area contributed by atoms with Gasteiger partial charge in [-0.15, -0.1) is 0 Å². The van der Waals surface area contributed by atoms with Crippen LogP contribution in [0.3, 0.4) is 0 Å². The van der Waals surface area contributed by atoms with Crippen molar-refractivity contribution >= 4 is 11.9 Å². The topological polar surface area (TPSA) is 76.2 Å². The molecule has 2 aromatic carbocycles. The quantitative estimate of drug-likeness (QED) is 0.691. The number of imidazole rings is 1. The second-order valence-corrected chi connectivity index (χ2v) is 6.44. The van der Waals surface area contributed by atoms with Gasteiger partial charge in [0.1, 0.15) is 11.5 Å². The molecule has 0 radical (unpaired) electrons. The van der Waals surface area contributed by atoms with E-state index in [2.05, 4.69) is 15.3 Å². The van der Waals surface area contributed by atoms with Crippen molar-refractivity contribution in [3.63, 3.8) is 0 Å². The van der Waals surface area contributed by atoms with Gasteiger partial charge in [0.05, 0.1) is 19.0 Å². The van der Waals surface area contributed by atoms with Gasteiger partial charge in [-0.3, -0.25) is 10.1 Å². The maximum absolute atomic E-state index is 12.2. The summed E-state index contributed by atoms with van der Waals surface area (Å²) < 4.78 is 10.9. The van der Waals surface area contributed by atoms with Crippen LogP contribution in [0.5, 0.6) is 11.5 Å². The van der Waals surface area contributed by atoms with Crippen LogP contribution in [0.4, 0.5) is 5.95 Å². The van der Waals surface area contributed by atoms with E-state index in [1.54, 1.807) is 13.3 Å². The number of benzene rings is 2. The first kappa shape index (κ1) is 18.5. The number of nitrogens with one attached hydrogen (secondary N) is 2. The first-order valence-electron chi connectivity index (χ1n) is 8.66. The second kappa shape index (κ2) is 7.95. The standard InChI is InChI=1S/C21H23N3O3/c1-13-8-14(2)20(15(3)9-13)27-12-19(25)24-21-22-11-18(23-21)16-6-5-7-17(10-16)26-4/h5-11H,12H2,1-4H3,(H2,22,23,24,25). The molecule has 0 atom stereocenters. The van der Waals surface area contributed by atoms with E-state index >= 15 is 0 Å². The molecule has 0 fully saturated rings. The summed E-state index contributed by atoms with van der Waals surface area (Å²) in [5, 5.41) is 2.72. The van der Waals surface area contributed by atoms with E-state index in [4.69, 9.17) is 9.47 Å². The van der Waals surface area contributed by atoms with Crippen LogP contribution in [0.25, 0.3) is 11.3 Å². The summed E-state index contributed by atoms with van der Waals surface area (Å²) in [6.07, 6.45) is 1.67. The molecule has 0 aliphatic rings. The number of anilines is 1. The Kier molecular flexibility index (Phi) is 5.45. The highest BCUT2D eigenvalue weighted by atomic mass is 16.5. The Balaban J connectivity index is 1.63. The zero-order valence-corrected chi connectivity index (χ0v) is 15.9. The largest absolute Gasteiger partial charge is 0.497 e. The van der Waals surface area contributed by atoms with Gasteiger partial charge in [0.15, 0.2) is 6.61 Å². The van der Waals surface area contributed by atoms with E-state index < -0.39 is 0 Å². The van der Waals surface area contributed by atoms with Crippen LogP contribution in [0.1, 0.15) is 16.7 Å². The lowest BCUT2D eigenvalue weighted by atomic mass is 10.1. The minimum absolute atomic E-state index is 0.0834. The highest BCUT2D eigenvalue weighted by Crippen LogP contribution is 2.25. The van der Waals surface area contributed by atoms with Gasteiger partial charge < -0.3 is 14.5 Å². The van der Waals surface area contributed by atoms with Gasteiger partial charge in [-0.05, 0) is 44.0 Å². The van der Waals surface area contributed by atoms with E-state index in [0.717, 1.165) is 33.9 Å². The number of rotatable bonds is 6. The van der Waals surface area contributed by atoms with Gasteiger partial charge in [0, 0.05) is 5.56 Å². The summed E-state index contributed by atoms with van der Waals surface area (Å²) in [6, 6.07) is 11.7. The van der Waals surface area contributed by atoms with Crippen molar-refractivity contribution in [2.75, 3.05) is 19.0 Å². The smallest absolute Gasteiger partial charge is 0.264 e. The maximum Gasteiger partial charge on any atom is 0.264 e. The van der Waals surface area contributed by atoms with Crippen molar-refractivity contribution in [2.24, 2.45) is 0 Å². The fraction of sp³-hybridized carbons (Fsp3) is 0.238. The average molecular weight is 365 g/mol. The fourth-order valence-electron chi connectivity index (χ4n) is 3.02. The summed E-state index contributed by atoms with van der Waals surface area (Å²) in [5.41, 5.74) is 4.90. The molecule has 0 spiro atoms. The van der Waals surface area contributed by atoms with E-state index in [-0.39, 0.29) is 12.5 Å². The van der Waals surface area contributed by atoms with Crippen LogP contribution in [0, 0.1) is 20.8 Å². The van der Waals surface area contributed by atoms with Gasteiger partial charge in [0.25, 0.3) is 5.91 Å². The SMILES string of the molecule is COc1cccc(-c2cnc(NC(=O)COc3c(C)cc(C)cc3C)[nH]2)c1. The van der Waals surface area contributed by atoms with E-state index in [9.17, 15) is 4.79 Å². The van der Waals surface area contributed by atoms with Crippen LogP contribution in [0.2, 0.25) is 0 Å². The predicted octanol–water partition coefficient (Wildman–Crippen LogP) is 4.03. The Bertz CT molecular complexity index is 940. The minimum Gasteiger partial charge on any atom is -0.497 e. The van der Waals surface area contributed by atoms with Crippen LogP contribution < -0.4 is 14.8 Å². The number of carbonyl (C=O) groups is 1. The number of nitrogens with zero attached hydrogens (tertiary/aromatic N) is 1. The third kappa shape index (κ3) is 4.47. The fourth-order valence-corrected chi connectivity index (χ4v) is 3.02. The van der Waals surface area contributed by atoms with Crippen molar-refractivity contribution in [1.29, 1.82) is 0 Å². The van der Waals surface area contributed by atoms with Crippen molar-refractivity contribution in [2.45, 2.75) is 20.8 Å². The van der Waals surface area contributed by atoms with Crippen LogP contribution in [-0.2, 0) is 4.79 Å². The van der Waals surface area contributed by atoms with Crippen molar-refractivity contribution in [3.8, 4) is 22.8 Å². The molecule has 0 saturated carbocycles. The molecule has 0 aliphatic carbocycles. The lowest BCUT2D eigenvalue weighted by Crippen LogP contribution is -2.21. The predicted molar refractivity (Wildman–Crippen MR) is 105 cm³/mol. The zero-order chi connectivity index (χ0) is 19.4. The molecule has 0 unspecified atom stereocenters. The number of hydrogen-bond acceptors (Lipinski definition) is 4. The van der Waals surface area contributed by atoms with Crippen LogP contribution >= 0.6 is 0 Å². The number of amides is 1. The lowest BCUT2D eigenvalue weighted by molar-refractivity contribution is -0.118. The summed E-state index contributed by atoms with van der Waals surface area (Å²) in [6.45, 7) is 5.90. The molecule has 0 bridgehead atoms. The Hall–Kier alpha value is -3.28. The molecule has 1 heterocycles. The van der Waals surface area contributed by atoms with Gasteiger partial charge in [-0.1, -0.05) is 29.8 Å². The molecule has 3 rings (SSSR count). The second-order valence-electron chi connectivity index (χ2n) is 6.44. The number of H-pyrrole nitrogens is 1. The Morgan fingerprint density at radius 3 is 2.59 bits per heavy atom.